The molecule has 1 unspecified atom stereocenters. The second-order valence-electron chi connectivity index (χ2n) is 4.31. The minimum atomic E-state index is -0.945. The summed E-state index contributed by atoms with van der Waals surface area (Å²) in [5, 5.41) is 12.1. The molecule has 0 saturated carbocycles. The van der Waals surface area contributed by atoms with Gasteiger partial charge in [-0.3, -0.25) is 4.79 Å². The summed E-state index contributed by atoms with van der Waals surface area (Å²) < 4.78 is 13.7. The molecule has 17 heavy (non-hydrogen) atoms. The van der Waals surface area contributed by atoms with E-state index in [9.17, 15) is 9.18 Å². The van der Waals surface area contributed by atoms with Gasteiger partial charge in [-0.15, -0.1) is 0 Å². The Balaban J connectivity index is 3.04. The van der Waals surface area contributed by atoms with Gasteiger partial charge in [-0.05, 0) is 26.0 Å². The van der Waals surface area contributed by atoms with E-state index in [4.69, 9.17) is 5.11 Å². The number of halogens is 1. The second kappa shape index (κ2) is 5.77. The van der Waals surface area contributed by atoms with Crippen LogP contribution in [0.25, 0.3) is 0 Å². The van der Waals surface area contributed by atoms with Gasteiger partial charge >= 0.3 is 5.97 Å². The summed E-state index contributed by atoms with van der Waals surface area (Å²) in [4.78, 5) is 10.9. The summed E-state index contributed by atoms with van der Waals surface area (Å²) in [6.45, 7) is 4.35. The van der Waals surface area contributed by atoms with Gasteiger partial charge in [-0.2, -0.15) is 0 Å². The van der Waals surface area contributed by atoms with Crippen molar-refractivity contribution in [3.63, 3.8) is 0 Å². The fraction of sp³-hybridized carbons (Fsp3) is 0.462. The van der Waals surface area contributed by atoms with E-state index in [1.807, 2.05) is 6.92 Å². The van der Waals surface area contributed by atoms with E-state index in [1.165, 1.54) is 6.07 Å². The summed E-state index contributed by atoms with van der Waals surface area (Å²) in [7, 11) is 0. The number of carboxylic acid groups (broad SMARTS) is 1. The van der Waals surface area contributed by atoms with Gasteiger partial charge in [0, 0.05) is 5.56 Å². The fourth-order valence-electron chi connectivity index (χ4n) is 1.86. The number of aliphatic carboxylic acids is 1. The van der Waals surface area contributed by atoms with E-state index >= 15 is 0 Å². The van der Waals surface area contributed by atoms with Gasteiger partial charge in [0.15, 0.2) is 0 Å². The van der Waals surface area contributed by atoms with Crippen molar-refractivity contribution in [3.05, 3.63) is 35.6 Å². The van der Waals surface area contributed by atoms with E-state index in [2.05, 4.69) is 5.32 Å². The Morgan fingerprint density at radius 2 is 2.12 bits per heavy atom. The Bertz CT molecular complexity index is 395. The van der Waals surface area contributed by atoms with Crippen molar-refractivity contribution in [1.82, 2.24) is 5.32 Å². The fourth-order valence-corrected chi connectivity index (χ4v) is 1.86. The lowest BCUT2D eigenvalue weighted by Crippen LogP contribution is -2.42. The predicted molar refractivity (Wildman–Crippen MR) is 64.3 cm³/mol. The topological polar surface area (TPSA) is 49.3 Å². The van der Waals surface area contributed by atoms with Gasteiger partial charge in [0.25, 0.3) is 0 Å². The number of hydrogen-bond donors (Lipinski definition) is 2. The zero-order valence-corrected chi connectivity index (χ0v) is 10.2. The molecular weight excluding hydrogens is 221 g/mol. The Kier molecular flexibility index (Phi) is 4.63. The van der Waals surface area contributed by atoms with Crippen LogP contribution < -0.4 is 5.32 Å². The SMILES string of the molecule is CCCNC(C)(CC(=O)O)c1ccccc1F. The standard InChI is InChI=1S/C13H18FNO2/c1-3-8-15-13(2,9-12(16)17)10-6-4-5-7-11(10)14/h4-7,15H,3,8-9H2,1-2H3,(H,16,17). The zero-order chi connectivity index (χ0) is 12.9. The van der Waals surface area contributed by atoms with Gasteiger partial charge in [0.05, 0.1) is 12.0 Å². The van der Waals surface area contributed by atoms with Crippen LogP contribution in [0.2, 0.25) is 0 Å². The first-order chi connectivity index (χ1) is 7.99. The molecule has 0 aromatic heterocycles. The predicted octanol–water partition coefficient (Wildman–Crippen LogP) is 2.52. The molecule has 1 rings (SSSR count). The maximum absolute atomic E-state index is 13.7. The number of carbonyl (C=O) groups is 1. The molecule has 0 heterocycles. The Morgan fingerprint density at radius 3 is 2.65 bits per heavy atom. The molecule has 1 aromatic rings. The van der Waals surface area contributed by atoms with Crippen LogP contribution in [0, 0.1) is 5.82 Å². The molecule has 0 spiro atoms. The molecule has 0 aliphatic carbocycles. The van der Waals surface area contributed by atoms with Crippen molar-refractivity contribution >= 4 is 5.97 Å². The first-order valence-corrected chi connectivity index (χ1v) is 5.71. The van der Waals surface area contributed by atoms with E-state index in [0.717, 1.165) is 6.42 Å². The minimum Gasteiger partial charge on any atom is -0.481 e. The van der Waals surface area contributed by atoms with Crippen LogP contribution in [-0.4, -0.2) is 17.6 Å². The molecule has 1 atom stereocenters. The highest BCUT2D eigenvalue weighted by atomic mass is 19.1. The molecule has 2 N–H and O–H groups in total. The third kappa shape index (κ3) is 3.53. The highest BCUT2D eigenvalue weighted by Gasteiger charge is 2.31. The lowest BCUT2D eigenvalue weighted by molar-refractivity contribution is -0.138. The van der Waals surface area contributed by atoms with Crippen molar-refractivity contribution in [2.24, 2.45) is 0 Å². The van der Waals surface area contributed by atoms with Crippen LogP contribution in [0.15, 0.2) is 24.3 Å². The molecule has 0 amide bonds. The van der Waals surface area contributed by atoms with Gasteiger partial charge in [-0.25, -0.2) is 4.39 Å². The number of hydrogen-bond acceptors (Lipinski definition) is 2. The first kappa shape index (κ1) is 13.6. The summed E-state index contributed by atoms with van der Waals surface area (Å²) in [5.41, 5.74) is -0.469. The Morgan fingerprint density at radius 1 is 1.47 bits per heavy atom. The normalized spacial score (nSPS) is 14.3. The molecular formula is C13H18FNO2. The van der Waals surface area contributed by atoms with Crippen molar-refractivity contribution in [2.45, 2.75) is 32.2 Å². The van der Waals surface area contributed by atoms with Crippen LogP contribution in [0.1, 0.15) is 32.3 Å². The summed E-state index contributed by atoms with van der Waals surface area (Å²) in [6.07, 6.45) is 0.720. The number of carboxylic acids is 1. The largest absolute Gasteiger partial charge is 0.481 e. The van der Waals surface area contributed by atoms with Crippen molar-refractivity contribution in [3.8, 4) is 0 Å². The maximum Gasteiger partial charge on any atom is 0.305 e. The van der Waals surface area contributed by atoms with Gasteiger partial charge in [-0.1, -0.05) is 25.1 Å². The maximum atomic E-state index is 13.7. The lowest BCUT2D eigenvalue weighted by Gasteiger charge is -2.30. The minimum absolute atomic E-state index is 0.145. The first-order valence-electron chi connectivity index (χ1n) is 5.71. The summed E-state index contributed by atoms with van der Waals surface area (Å²) >= 11 is 0. The average Bonchev–Trinajstić information content (AvgIpc) is 2.26. The number of nitrogens with one attached hydrogen (secondary N) is 1. The quantitative estimate of drug-likeness (QED) is 0.802. The van der Waals surface area contributed by atoms with E-state index in [0.29, 0.717) is 12.1 Å². The number of rotatable bonds is 6. The van der Waals surface area contributed by atoms with Crippen LogP contribution in [0.4, 0.5) is 4.39 Å². The van der Waals surface area contributed by atoms with Crippen LogP contribution in [0.3, 0.4) is 0 Å². The van der Waals surface area contributed by atoms with Crippen LogP contribution in [-0.2, 0) is 10.3 Å². The van der Waals surface area contributed by atoms with Gasteiger partial charge < -0.3 is 10.4 Å². The lowest BCUT2D eigenvalue weighted by atomic mass is 9.88. The Labute approximate surface area is 101 Å². The molecule has 0 saturated heterocycles. The van der Waals surface area contributed by atoms with Gasteiger partial charge in [0.1, 0.15) is 5.82 Å². The molecule has 1 aromatic carbocycles. The average molecular weight is 239 g/mol. The third-order valence-electron chi connectivity index (χ3n) is 2.74. The molecule has 0 fully saturated rings. The van der Waals surface area contributed by atoms with E-state index in [-0.39, 0.29) is 12.2 Å². The highest BCUT2D eigenvalue weighted by molar-refractivity contribution is 5.68. The van der Waals surface area contributed by atoms with Crippen LogP contribution in [0.5, 0.6) is 0 Å². The van der Waals surface area contributed by atoms with Crippen molar-refractivity contribution in [2.75, 3.05) is 6.54 Å². The summed E-state index contributed by atoms with van der Waals surface area (Å²) in [6, 6.07) is 6.29. The molecule has 0 aliphatic heterocycles. The molecule has 0 bridgehead atoms. The smallest absolute Gasteiger partial charge is 0.305 e. The molecule has 3 nitrogen and oxygen atoms in total. The Hall–Kier alpha value is -1.42. The monoisotopic (exact) mass is 239 g/mol. The number of benzene rings is 1. The van der Waals surface area contributed by atoms with E-state index in [1.54, 1.807) is 25.1 Å². The van der Waals surface area contributed by atoms with Crippen LogP contribution >= 0.6 is 0 Å². The van der Waals surface area contributed by atoms with Crippen molar-refractivity contribution < 1.29 is 14.3 Å². The van der Waals surface area contributed by atoms with Gasteiger partial charge in [0.2, 0.25) is 0 Å². The molecule has 0 radical (unpaired) electrons. The molecule has 0 aliphatic rings. The molecule has 4 heteroatoms. The highest BCUT2D eigenvalue weighted by Crippen LogP contribution is 2.27. The van der Waals surface area contributed by atoms with Crippen molar-refractivity contribution in [1.29, 1.82) is 0 Å². The zero-order valence-electron chi connectivity index (χ0n) is 10.2. The van der Waals surface area contributed by atoms with E-state index < -0.39 is 11.5 Å². The second-order valence-corrected chi connectivity index (χ2v) is 4.31. The summed E-state index contributed by atoms with van der Waals surface area (Å²) in [5.74, 6) is -1.32. The molecule has 94 valence electrons. The third-order valence-corrected chi connectivity index (χ3v) is 2.74.